The van der Waals surface area contributed by atoms with Crippen molar-refractivity contribution in [3.05, 3.63) is 27.3 Å². The molecule has 6 heteroatoms. The highest BCUT2D eigenvalue weighted by Crippen LogP contribution is 2.21. The van der Waals surface area contributed by atoms with Crippen LogP contribution in [0.5, 0.6) is 5.75 Å². The van der Waals surface area contributed by atoms with E-state index in [4.69, 9.17) is 5.26 Å². The molecule has 1 atom stereocenters. The zero-order valence-electron chi connectivity index (χ0n) is 11.2. The van der Waals surface area contributed by atoms with Crippen LogP contribution >= 0.6 is 22.6 Å². The maximum atomic E-state index is 12.3. The normalized spacial score (nSPS) is 17.6. The second-order valence-electron chi connectivity index (χ2n) is 4.80. The first kappa shape index (κ1) is 15.1. The highest BCUT2D eigenvalue weighted by atomic mass is 127. The molecule has 1 unspecified atom stereocenters. The van der Waals surface area contributed by atoms with Gasteiger partial charge in [0.15, 0.2) is 0 Å². The Hall–Kier alpha value is -1.33. The number of hydrogen-bond acceptors (Lipinski definition) is 4. The smallest absolute Gasteiger partial charge is 0.254 e. The molecule has 1 aliphatic heterocycles. The van der Waals surface area contributed by atoms with E-state index in [1.165, 1.54) is 6.07 Å². The largest absolute Gasteiger partial charge is 0.507 e. The number of halogens is 1. The highest BCUT2D eigenvalue weighted by Gasteiger charge is 2.24. The van der Waals surface area contributed by atoms with Crippen LogP contribution in [0.4, 0.5) is 0 Å². The van der Waals surface area contributed by atoms with Gasteiger partial charge in [-0.3, -0.25) is 9.69 Å². The lowest BCUT2D eigenvalue weighted by Gasteiger charge is -2.35. The Bertz CT molecular complexity index is 548. The van der Waals surface area contributed by atoms with Crippen molar-refractivity contribution in [2.75, 3.05) is 26.2 Å². The fraction of sp³-hybridized carbons (Fsp3) is 0.429. The van der Waals surface area contributed by atoms with E-state index in [0.29, 0.717) is 31.7 Å². The number of hydrogen-bond donors (Lipinski definition) is 1. The van der Waals surface area contributed by atoms with E-state index in [0.717, 1.165) is 3.57 Å². The number of benzene rings is 1. The summed E-state index contributed by atoms with van der Waals surface area (Å²) in [7, 11) is 0. The first-order chi connectivity index (χ1) is 9.52. The van der Waals surface area contributed by atoms with Crippen molar-refractivity contribution >= 4 is 28.5 Å². The second-order valence-corrected chi connectivity index (χ2v) is 5.96. The number of phenols is 1. The number of aromatic hydroxyl groups is 1. The molecular weight excluding hydrogens is 369 g/mol. The van der Waals surface area contributed by atoms with Gasteiger partial charge in [-0.1, -0.05) is 0 Å². The number of nitriles is 1. The molecule has 5 nitrogen and oxygen atoms in total. The number of carbonyl (C=O) groups excluding carboxylic acids is 1. The molecule has 20 heavy (non-hydrogen) atoms. The molecule has 1 aromatic carbocycles. The lowest BCUT2D eigenvalue weighted by atomic mass is 10.1. The van der Waals surface area contributed by atoms with Gasteiger partial charge >= 0.3 is 0 Å². The third-order valence-electron chi connectivity index (χ3n) is 3.53. The Morgan fingerprint density at radius 3 is 2.60 bits per heavy atom. The molecule has 0 saturated carbocycles. The molecule has 0 spiro atoms. The lowest BCUT2D eigenvalue weighted by molar-refractivity contribution is 0.0615. The maximum absolute atomic E-state index is 12.3. The van der Waals surface area contributed by atoms with Gasteiger partial charge in [-0.05, 0) is 47.7 Å². The standard InChI is InChI=1S/C14H16IN3O2/c1-10(9-16)17-4-6-18(7-5-17)14(20)11-2-3-12(15)13(19)8-11/h2-3,8,10,19H,4-7H2,1H3. The zero-order valence-corrected chi connectivity index (χ0v) is 13.4. The van der Waals surface area contributed by atoms with Crippen molar-refractivity contribution in [1.82, 2.24) is 9.80 Å². The van der Waals surface area contributed by atoms with Crippen LogP contribution < -0.4 is 0 Å². The van der Waals surface area contributed by atoms with Crippen LogP contribution in [-0.4, -0.2) is 53.0 Å². The lowest BCUT2D eigenvalue weighted by Crippen LogP contribution is -2.51. The van der Waals surface area contributed by atoms with Gasteiger partial charge < -0.3 is 10.0 Å². The van der Waals surface area contributed by atoms with Crippen LogP contribution in [0.3, 0.4) is 0 Å². The number of phenolic OH excluding ortho intramolecular Hbond substituents is 1. The van der Waals surface area contributed by atoms with Gasteiger partial charge in [0, 0.05) is 31.7 Å². The predicted octanol–water partition coefficient (Wildman–Crippen LogP) is 1.67. The summed E-state index contributed by atoms with van der Waals surface area (Å²) in [5.41, 5.74) is 0.504. The summed E-state index contributed by atoms with van der Waals surface area (Å²) < 4.78 is 0.729. The van der Waals surface area contributed by atoms with Crippen molar-refractivity contribution in [2.45, 2.75) is 13.0 Å². The van der Waals surface area contributed by atoms with Gasteiger partial charge in [-0.2, -0.15) is 5.26 Å². The van der Waals surface area contributed by atoms with Crippen molar-refractivity contribution in [2.24, 2.45) is 0 Å². The second kappa shape index (κ2) is 6.41. The molecule has 1 saturated heterocycles. The van der Waals surface area contributed by atoms with Crippen molar-refractivity contribution in [3.63, 3.8) is 0 Å². The molecule has 1 heterocycles. The number of nitrogens with zero attached hydrogens (tertiary/aromatic N) is 3. The van der Waals surface area contributed by atoms with Gasteiger partial charge in [0.05, 0.1) is 15.7 Å². The van der Waals surface area contributed by atoms with E-state index < -0.39 is 0 Å². The van der Waals surface area contributed by atoms with Gasteiger partial charge in [0.2, 0.25) is 0 Å². The Morgan fingerprint density at radius 2 is 2.05 bits per heavy atom. The van der Waals surface area contributed by atoms with Crippen LogP contribution in [0.25, 0.3) is 0 Å². The molecule has 0 aliphatic carbocycles. The Labute approximate surface area is 131 Å². The number of rotatable bonds is 2. The van der Waals surface area contributed by atoms with E-state index in [1.807, 2.05) is 29.5 Å². The van der Waals surface area contributed by atoms with E-state index in [2.05, 4.69) is 11.0 Å². The van der Waals surface area contributed by atoms with E-state index >= 15 is 0 Å². The van der Waals surface area contributed by atoms with Gasteiger partial charge in [-0.25, -0.2) is 0 Å². The van der Waals surface area contributed by atoms with Crippen LogP contribution in [0.2, 0.25) is 0 Å². The minimum absolute atomic E-state index is 0.0686. The average Bonchev–Trinajstić information content (AvgIpc) is 2.48. The van der Waals surface area contributed by atoms with Crippen molar-refractivity contribution in [3.8, 4) is 11.8 Å². The molecule has 0 bridgehead atoms. The Kier molecular flexibility index (Phi) is 4.83. The first-order valence-electron chi connectivity index (χ1n) is 6.44. The molecule has 1 fully saturated rings. The monoisotopic (exact) mass is 385 g/mol. The maximum Gasteiger partial charge on any atom is 0.254 e. The fourth-order valence-electron chi connectivity index (χ4n) is 2.22. The molecule has 1 N–H and O–H groups in total. The average molecular weight is 385 g/mol. The molecule has 0 aromatic heterocycles. The van der Waals surface area contributed by atoms with E-state index in [1.54, 1.807) is 17.0 Å². The Balaban J connectivity index is 2.01. The summed E-state index contributed by atoms with van der Waals surface area (Å²) in [6.45, 7) is 4.50. The van der Waals surface area contributed by atoms with E-state index in [-0.39, 0.29) is 17.7 Å². The van der Waals surface area contributed by atoms with Gasteiger partial charge in [0.1, 0.15) is 5.75 Å². The summed E-state index contributed by atoms with van der Waals surface area (Å²) in [5, 5.41) is 18.6. The van der Waals surface area contributed by atoms with Crippen LogP contribution in [0, 0.1) is 14.9 Å². The quantitative estimate of drug-likeness (QED) is 0.787. The summed E-state index contributed by atoms with van der Waals surface area (Å²) in [4.78, 5) is 16.2. The molecular formula is C14H16IN3O2. The molecule has 106 valence electrons. The van der Waals surface area contributed by atoms with Crippen LogP contribution in [-0.2, 0) is 0 Å². The molecule has 1 aromatic rings. The summed E-state index contributed by atoms with van der Waals surface area (Å²) in [5.74, 6) is 0.0640. The van der Waals surface area contributed by atoms with E-state index in [9.17, 15) is 9.90 Å². The van der Waals surface area contributed by atoms with Crippen molar-refractivity contribution in [1.29, 1.82) is 5.26 Å². The third-order valence-corrected chi connectivity index (χ3v) is 4.44. The topological polar surface area (TPSA) is 67.6 Å². The van der Waals surface area contributed by atoms with Crippen molar-refractivity contribution < 1.29 is 9.90 Å². The first-order valence-corrected chi connectivity index (χ1v) is 7.52. The molecule has 2 rings (SSSR count). The number of amides is 1. The minimum atomic E-state index is -0.116. The summed E-state index contributed by atoms with van der Waals surface area (Å²) >= 11 is 2.02. The van der Waals surface area contributed by atoms with Crippen LogP contribution in [0.1, 0.15) is 17.3 Å². The van der Waals surface area contributed by atoms with Gasteiger partial charge in [0.25, 0.3) is 5.91 Å². The SMILES string of the molecule is CC(C#N)N1CCN(C(=O)c2ccc(I)c(O)c2)CC1. The molecule has 1 aliphatic rings. The molecule has 0 radical (unpaired) electrons. The highest BCUT2D eigenvalue weighted by molar-refractivity contribution is 14.1. The zero-order chi connectivity index (χ0) is 14.7. The minimum Gasteiger partial charge on any atom is -0.507 e. The van der Waals surface area contributed by atoms with Gasteiger partial charge in [-0.15, -0.1) is 0 Å². The summed E-state index contributed by atoms with van der Waals surface area (Å²) in [6, 6.07) is 7.07. The number of piperazine rings is 1. The fourth-order valence-corrected chi connectivity index (χ4v) is 2.56. The van der Waals surface area contributed by atoms with Crippen LogP contribution in [0.15, 0.2) is 18.2 Å². The third kappa shape index (κ3) is 3.22. The summed E-state index contributed by atoms with van der Waals surface area (Å²) in [6.07, 6.45) is 0. The predicted molar refractivity (Wildman–Crippen MR) is 83.4 cm³/mol. The number of carbonyl (C=O) groups is 1. The Morgan fingerprint density at radius 1 is 1.40 bits per heavy atom. The molecule has 1 amide bonds.